The fraction of sp³-hybridized carbons (Fsp3) is 0.600. The fourth-order valence-corrected chi connectivity index (χ4v) is 2.99. The van der Waals surface area contributed by atoms with E-state index in [1.807, 2.05) is 11.8 Å². The summed E-state index contributed by atoms with van der Waals surface area (Å²) in [4.78, 5) is 19.9. The molecule has 0 bridgehead atoms. The molecular weight excluding hydrogens is 303 g/mol. The first-order valence-corrected chi connectivity index (χ1v) is 8.91. The maximum atomic E-state index is 13.7. The highest BCUT2D eigenvalue weighted by Gasteiger charge is 2.23. The van der Waals surface area contributed by atoms with Crippen molar-refractivity contribution in [2.24, 2.45) is 0 Å². The number of halogens is 1. The van der Waals surface area contributed by atoms with Crippen molar-refractivity contribution < 1.29 is 9.18 Å². The molecule has 1 aromatic heterocycles. The number of nitrogens with one attached hydrogen (secondary N) is 1. The van der Waals surface area contributed by atoms with Crippen molar-refractivity contribution in [1.29, 1.82) is 0 Å². The lowest BCUT2D eigenvalue weighted by atomic mass is 10.2. The van der Waals surface area contributed by atoms with Gasteiger partial charge in [0, 0.05) is 38.4 Å². The molecule has 1 aliphatic heterocycles. The molecule has 0 aliphatic carbocycles. The molecule has 1 aromatic rings. The molecule has 1 N–H and O–H groups in total. The van der Waals surface area contributed by atoms with Crippen LogP contribution in [0.4, 0.5) is 15.0 Å². The van der Waals surface area contributed by atoms with Crippen LogP contribution in [0.5, 0.6) is 0 Å². The number of urea groups is 1. The van der Waals surface area contributed by atoms with Gasteiger partial charge in [-0.05, 0) is 37.5 Å². The highest BCUT2D eigenvalue weighted by molar-refractivity contribution is 7.98. The Bertz CT molecular complexity index is 494. The Morgan fingerprint density at radius 2 is 2.18 bits per heavy atom. The van der Waals surface area contributed by atoms with Crippen LogP contribution in [0.3, 0.4) is 0 Å². The first-order chi connectivity index (χ1) is 10.6. The van der Waals surface area contributed by atoms with Gasteiger partial charge in [-0.25, -0.2) is 14.2 Å². The number of thioether (sulfide) groups is 1. The van der Waals surface area contributed by atoms with E-state index in [2.05, 4.69) is 16.6 Å². The lowest BCUT2D eigenvalue weighted by Gasteiger charge is -2.36. The van der Waals surface area contributed by atoms with Crippen molar-refractivity contribution in [2.45, 2.75) is 19.4 Å². The van der Waals surface area contributed by atoms with E-state index in [1.165, 1.54) is 6.07 Å². The molecule has 0 unspecified atom stereocenters. The van der Waals surface area contributed by atoms with E-state index in [9.17, 15) is 9.18 Å². The summed E-state index contributed by atoms with van der Waals surface area (Å²) >= 11 is 1.78. The second-order valence-electron chi connectivity index (χ2n) is 5.41. The quantitative estimate of drug-likeness (QED) is 0.901. The molecule has 1 fully saturated rings. The first-order valence-electron chi connectivity index (χ1n) is 7.51. The summed E-state index contributed by atoms with van der Waals surface area (Å²) in [6, 6.07) is 3.13. The van der Waals surface area contributed by atoms with Crippen molar-refractivity contribution in [1.82, 2.24) is 15.2 Å². The van der Waals surface area contributed by atoms with Gasteiger partial charge in [-0.1, -0.05) is 0 Å². The molecule has 22 heavy (non-hydrogen) atoms. The van der Waals surface area contributed by atoms with Crippen LogP contribution in [0, 0.1) is 5.82 Å². The average molecular weight is 326 g/mol. The molecule has 122 valence electrons. The molecule has 2 amide bonds. The minimum absolute atomic E-state index is 0.0326. The van der Waals surface area contributed by atoms with Gasteiger partial charge in [-0.3, -0.25) is 0 Å². The van der Waals surface area contributed by atoms with Gasteiger partial charge < -0.3 is 15.1 Å². The number of anilines is 1. The largest absolute Gasteiger partial charge is 0.351 e. The smallest absolute Gasteiger partial charge is 0.317 e. The number of amides is 2. The third-order valence-corrected chi connectivity index (χ3v) is 4.37. The summed E-state index contributed by atoms with van der Waals surface area (Å²) in [5.74, 6) is 1.09. The number of carbonyl (C=O) groups is 1. The van der Waals surface area contributed by atoms with Crippen molar-refractivity contribution in [3.05, 3.63) is 24.1 Å². The minimum atomic E-state index is -0.314. The normalized spacial score (nSPS) is 16.5. The lowest BCUT2D eigenvalue weighted by Crippen LogP contribution is -2.53. The molecule has 1 saturated heterocycles. The van der Waals surface area contributed by atoms with Crippen LogP contribution in [0.25, 0.3) is 0 Å². The number of piperazine rings is 1. The molecule has 0 saturated carbocycles. The lowest BCUT2D eigenvalue weighted by molar-refractivity contribution is 0.190. The minimum Gasteiger partial charge on any atom is -0.351 e. The second kappa shape index (κ2) is 8.22. The SMILES string of the molecule is CSCC[C@@H](C)NC(=O)N1CCN(c2ncccc2F)CC1. The summed E-state index contributed by atoms with van der Waals surface area (Å²) in [7, 11) is 0. The van der Waals surface area contributed by atoms with Gasteiger partial charge in [-0.2, -0.15) is 11.8 Å². The van der Waals surface area contributed by atoms with E-state index in [1.54, 1.807) is 28.9 Å². The maximum absolute atomic E-state index is 13.7. The van der Waals surface area contributed by atoms with E-state index in [-0.39, 0.29) is 17.9 Å². The molecule has 5 nitrogen and oxygen atoms in total. The summed E-state index contributed by atoms with van der Waals surface area (Å²) in [6.07, 6.45) is 4.61. The topological polar surface area (TPSA) is 48.5 Å². The molecule has 2 rings (SSSR count). The Balaban J connectivity index is 1.82. The average Bonchev–Trinajstić information content (AvgIpc) is 2.53. The Labute approximate surface area is 135 Å². The molecule has 0 aromatic carbocycles. The van der Waals surface area contributed by atoms with Crippen molar-refractivity contribution in [3.8, 4) is 0 Å². The van der Waals surface area contributed by atoms with Gasteiger partial charge in [0.2, 0.25) is 0 Å². The molecule has 1 aliphatic rings. The number of hydrogen-bond acceptors (Lipinski definition) is 4. The zero-order chi connectivity index (χ0) is 15.9. The van der Waals surface area contributed by atoms with Crippen LogP contribution in [0.1, 0.15) is 13.3 Å². The number of carbonyl (C=O) groups excluding carboxylic acids is 1. The van der Waals surface area contributed by atoms with Crippen molar-refractivity contribution in [3.63, 3.8) is 0 Å². The molecule has 1 atom stereocenters. The monoisotopic (exact) mass is 326 g/mol. The number of rotatable bonds is 5. The summed E-state index contributed by atoms with van der Waals surface area (Å²) in [5, 5.41) is 3.02. The first kappa shape index (κ1) is 16.9. The van der Waals surface area contributed by atoms with Crippen LogP contribution in [0.2, 0.25) is 0 Å². The van der Waals surface area contributed by atoms with Crippen LogP contribution in [0.15, 0.2) is 18.3 Å². The van der Waals surface area contributed by atoms with Crippen LogP contribution in [-0.4, -0.2) is 60.1 Å². The zero-order valence-corrected chi connectivity index (χ0v) is 13.9. The number of aromatic nitrogens is 1. The molecular formula is C15H23FN4OS. The van der Waals surface area contributed by atoms with Gasteiger partial charge >= 0.3 is 6.03 Å². The second-order valence-corrected chi connectivity index (χ2v) is 6.40. The van der Waals surface area contributed by atoms with E-state index >= 15 is 0 Å². The van der Waals surface area contributed by atoms with Gasteiger partial charge in [0.1, 0.15) is 0 Å². The summed E-state index contributed by atoms with van der Waals surface area (Å²) in [5.41, 5.74) is 0. The Morgan fingerprint density at radius 3 is 2.82 bits per heavy atom. The van der Waals surface area contributed by atoms with E-state index in [4.69, 9.17) is 0 Å². The van der Waals surface area contributed by atoms with Gasteiger partial charge in [-0.15, -0.1) is 0 Å². The van der Waals surface area contributed by atoms with Crippen LogP contribution in [-0.2, 0) is 0 Å². The summed E-state index contributed by atoms with van der Waals surface area (Å²) in [6.45, 7) is 4.38. The predicted octanol–water partition coefficient (Wildman–Crippen LogP) is 2.19. The Morgan fingerprint density at radius 1 is 1.45 bits per heavy atom. The zero-order valence-electron chi connectivity index (χ0n) is 13.1. The Kier molecular flexibility index (Phi) is 6.30. The van der Waals surface area contributed by atoms with E-state index in [0.717, 1.165) is 12.2 Å². The number of pyridine rings is 1. The van der Waals surface area contributed by atoms with Crippen LogP contribution < -0.4 is 10.2 Å². The predicted molar refractivity (Wildman–Crippen MR) is 89.0 cm³/mol. The third-order valence-electron chi connectivity index (χ3n) is 3.73. The highest BCUT2D eigenvalue weighted by atomic mass is 32.2. The van der Waals surface area contributed by atoms with Gasteiger partial charge in [0.15, 0.2) is 11.6 Å². The highest BCUT2D eigenvalue weighted by Crippen LogP contribution is 2.17. The van der Waals surface area contributed by atoms with E-state index < -0.39 is 0 Å². The number of nitrogens with zero attached hydrogens (tertiary/aromatic N) is 3. The van der Waals surface area contributed by atoms with Crippen molar-refractivity contribution in [2.75, 3.05) is 43.1 Å². The Hall–Kier alpha value is -1.50. The van der Waals surface area contributed by atoms with Crippen LogP contribution >= 0.6 is 11.8 Å². The molecule has 0 spiro atoms. The summed E-state index contributed by atoms with van der Waals surface area (Å²) < 4.78 is 13.7. The maximum Gasteiger partial charge on any atom is 0.317 e. The third kappa shape index (κ3) is 4.50. The van der Waals surface area contributed by atoms with Gasteiger partial charge in [0.05, 0.1) is 0 Å². The molecule has 2 heterocycles. The van der Waals surface area contributed by atoms with E-state index in [0.29, 0.717) is 32.0 Å². The van der Waals surface area contributed by atoms with Crippen molar-refractivity contribution >= 4 is 23.6 Å². The standard InChI is InChI=1S/C15H23FN4OS/c1-12(5-11-22-2)18-15(21)20-9-7-19(8-10-20)14-13(16)4-3-6-17-14/h3-4,6,12H,5,7-11H2,1-2H3,(H,18,21)/t12-/m1/s1. The molecule has 0 radical (unpaired) electrons. The van der Waals surface area contributed by atoms with Gasteiger partial charge in [0.25, 0.3) is 0 Å². The molecule has 7 heteroatoms. The fourth-order valence-electron chi connectivity index (χ4n) is 2.40. The number of hydrogen-bond donors (Lipinski definition) is 1.